The summed E-state index contributed by atoms with van der Waals surface area (Å²) < 4.78 is 1.64. The molecule has 26 heavy (non-hydrogen) atoms. The number of benzene rings is 1. The van der Waals surface area contributed by atoms with Crippen molar-refractivity contribution in [2.75, 3.05) is 13.1 Å². The summed E-state index contributed by atoms with van der Waals surface area (Å²) in [7, 11) is 0. The molecule has 1 aliphatic rings. The number of pyridine rings is 1. The predicted molar refractivity (Wildman–Crippen MR) is 97.9 cm³/mol. The van der Waals surface area contributed by atoms with Crippen LogP contribution in [0.4, 0.5) is 0 Å². The minimum absolute atomic E-state index is 0.0838. The Kier molecular flexibility index (Phi) is 4.73. The number of carbonyl (C=O) groups excluding carboxylic acids is 1. The van der Waals surface area contributed by atoms with Crippen molar-refractivity contribution in [2.45, 2.75) is 19.3 Å². The Hall–Kier alpha value is -3.02. The van der Waals surface area contributed by atoms with Crippen molar-refractivity contribution in [3.8, 4) is 5.69 Å². The first-order valence-corrected chi connectivity index (χ1v) is 8.95. The van der Waals surface area contributed by atoms with Crippen molar-refractivity contribution in [1.82, 2.24) is 24.6 Å². The van der Waals surface area contributed by atoms with E-state index in [1.807, 2.05) is 47.5 Å². The van der Waals surface area contributed by atoms with E-state index in [-0.39, 0.29) is 11.7 Å². The highest BCUT2D eigenvalue weighted by Crippen LogP contribution is 2.22. The van der Waals surface area contributed by atoms with Gasteiger partial charge < -0.3 is 4.90 Å². The second-order valence-electron chi connectivity index (χ2n) is 6.65. The Labute approximate surface area is 152 Å². The average Bonchev–Trinajstić information content (AvgIpc) is 3.20. The molecule has 0 saturated carbocycles. The molecule has 0 radical (unpaired) electrons. The van der Waals surface area contributed by atoms with Crippen LogP contribution in [-0.2, 0) is 6.42 Å². The van der Waals surface area contributed by atoms with Crippen molar-refractivity contribution in [3.63, 3.8) is 0 Å². The van der Waals surface area contributed by atoms with Crippen molar-refractivity contribution in [1.29, 1.82) is 0 Å². The van der Waals surface area contributed by atoms with Gasteiger partial charge in [-0.15, -0.1) is 5.10 Å². The molecule has 1 amide bonds. The molecule has 1 aromatic carbocycles. The maximum atomic E-state index is 12.7. The lowest BCUT2D eigenvalue weighted by Crippen LogP contribution is -2.39. The molecule has 0 spiro atoms. The van der Waals surface area contributed by atoms with Crippen molar-refractivity contribution in [3.05, 3.63) is 72.6 Å². The van der Waals surface area contributed by atoms with E-state index in [1.54, 1.807) is 17.2 Å². The van der Waals surface area contributed by atoms with E-state index in [9.17, 15) is 4.79 Å². The molecular formula is C20H21N5O. The van der Waals surface area contributed by atoms with Crippen molar-refractivity contribution in [2.24, 2.45) is 5.92 Å². The summed E-state index contributed by atoms with van der Waals surface area (Å²) in [5, 5.41) is 4.35. The van der Waals surface area contributed by atoms with Gasteiger partial charge in [-0.2, -0.15) is 0 Å². The van der Waals surface area contributed by atoms with Crippen LogP contribution in [0.25, 0.3) is 5.69 Å². The number of hydrogen-bond donors (Lipinski definition) is 0. The number of amides is 1. The van der Waals surface area contributed by atoms with Crippen LogP contribution in [0, 0.1) is 5.92 Å². The van der Waals surface area contributed by atoms with E-state index < -0.39 is 0 Å². The highest BCUT2D eigenvalue weighted by Gasteiger charge is 2.26. The number of aromatic nitrogens is 4. The summed E-state index contributed by atoms with van der Waals surface area (Å²) in [5.74, 6) is 0.775. The predicted octanol–water partition coefficient (Wildman–Crippen LogP) is 2.76. The first kappa shape index (κ1) is 16.4. The summed E-state index contributed by atoms with van der Waals surface area (Å²) in [4.78, 5) is 22.9. The van der Waals surface area contributed by atoms with Gasteiger partial charge in [-0.25, -0.2) is 9.67 Å². The summed E-state index contributed by atoms with van der Waals surface area (Å²) in [6.07, 6.45) is 8.35. The van der Waals surface area contributed by atoms with E-state index in [4.69, 9.17) is 0 Å². The van der Waals surface area contributed by atoms with Gasteiger partial charge in [0.2, 0.25) is 5.82 Å². The molecule has 1 aliphatic heterocycles. The molecule has 0 bridgehead atoms. The maximum absolute atomic E-state index is 12.7. The first-order valence-electron chi connectivity index (χ1n) is 8.95. The molecule has 0 unspecified atom stereocenters. The topological polar surface area (TPSA) is 63.9 Å². The molecule has 3 heterocycles. The molecule has 6 nitrogen and oxygen atoms in total. The lowest BCUT2D eigenvalue weighted by Gasteiger charge is -2.31. The van der Waals surface area contributed by atoms with Crippen LogP contribution >= 0.6 is 0 Å². The third-order valence-corrected chi connectivity index (χ3v) is 4.85. The number of carbonyl (C=O) groups is 1. The third kappa shape index (κ3) is 3.64. The molecule has 2 aromatic heterocycles. The van der Waals surface area contributed by atoms with Crippen molar-refractivity contribution >= 4 is 5.91 Å². The van der Waals surface area contributed by atoms with Crippen LogP contribution in [0.1, 0.15) is 29.0 Å². The first-order chi connectivity index (χ1) is 12.8. The lowest BCUT2D eigenvalue weighted by molar-refractivity contribution is 0.0678. The average molecular weight is 347 g/mol. The van der Waals surface area contributed by atoms with Gasteiger partial charge in [0.05, 0.1) is 5.69 Å². The molecule has 4 rings (SSSR count). The molecule has 6 heteroatoms. The van der Waals surface area contributed by atoms with Crippen LogP contribution in [0.15, 0.2) is 61.2 Å². The normalized spacial score (nSPS) is 15.2. The van der Waals surface area contributed by atoms with Gasteiger partial charge in [-0.1, -0.05) is 24.3 Å². The van der Waals surface area contributed by atoms with Crippen LogP contribution in [0.3, 0.4) is 0 Å². The van der Waals surface area contributed by atoms with Gasteiger partial charge in [0.1, 0.15) is 6.33 Å². The molecule has 0 atom stereocenters. The molecule has 1 saturated heterocycles. The Morgan fingerprint density at radius 1 is 1.08 bits per heavy atom. The smallest absolute Gasteiger partial charge is 0.293 e. The van der Waals surface area contributed by atoms with Crippen LogP contribution in [-0.4, -0.2) is 43.6 Å². The zero-order chi connectivity index (χ0) is 17.8. The Morgan fingerprint density at radius 3 is 2.62 bits per heavy atom. The summed E-state index contributed by atoms with van der Waals surface area (Å²) in [6.45, 7) is 1.51. The van der Waals surface area contributed by atoms with Gasteiger partial charge in [-0.3, -0.25) is 9.78 Å². The summed E-state index contributed by atoms with van der Waals surface area (Å²) in [6, 6.07) is 13.8. The Balaban J connectivity index is 1.36. The zero-order valence-electron chi connectivity index (χ0n) is 14.5. The van der Waals surface area contributed by atoms with E-state index >= 15 is 0 Å². The fraction of sp³-hybridized carbons (Fsp3) is 0.300. The molecule has 3 aromatic rings. The Bertz CT molecular complexity index is 854. The monoisotopic (exact) mass is 347 g/mol. The van der Waals surface area contributed by atoms with Crippen molar-refractivity contribution < 1.29 is 4.79 Å². The number of rotatable bonds is 4. The van der Waals surface area contributed by atoms with E-state index in [2.05, 4.69) is 21.1 Å². The van der Waals surface area contributed by atoms with Gasteiger partial charge in [0, 0.05) is 25.5 Å². The third-order valence-electron chi connectivity index (χ3n) is 4.85. The lowest BCUT2D eigenvalue weighted by atomic mass is 9.91. The Morgan fingerprint density at radius 2 is 1.88 bits per heavy atom. The van der Waals surface area contributed by atoms with Crippen LogP contribution in [0.5, 0.6) is 0 Å². The van der Waals surface area contributed by atoms with E-state index in [0.717, 1.165) is 38.0 Å². The van der Waals surface area contributed by atoms with Crippen LogP contribution < -0.4 is 0 Å². The minimum atomic E-state index is -0.0838. The van der Waals surface area contributed by atoms with Gasteiger partial charge in [0.25, 0.3) is 5.91 Å². The molecule has 0 N–H and O–H groups in total. The molecular weight excluding hydrogens is 326 g/mol. The minimum Gasteiger partial charge on any atom is -0.336 e. The summed E-state index contributed by atoms with van der Waals surface area (Å²) in [5.41, 5.74) is 2.16. The highest BCUT2D eigenvalue weighted by atomic mass is 16.2. The van der Waals surface area contributed by atoms with Gasteiger partial charge >= 0.3 is 0 Å². The summed E-state index contributed by atoms with van der Waals surface area (Å²) >= 11 is 0. The van der Waals surface area contributed by atoms with E-state index in [0.29, 0.717) is 5.92 Å². The number of piperidine rings is 1. The maximum Gasteiger partial charge on any atom is 0.293 e. The molecule has 0 aliphatic carbocycles. The molecule has 1 fully saturated rings. The SMILES string of the molecule is O=C(c1ncn(-c2ccccc2)n1)N1CCC(Cc2cccnc2)CC1. The largest absolute Gasteiger partial charge is 0.336 e. The number of hydrogen-bond acceptors (Lipinski definition) is 4. The standard InChI is InChI=1S/C20H21N5O/c26-20(19-22-15-25(23-19)18-6-2-1-3-7-18)24-11-8-16(9-12-24)13-17-5-4-10-21-14-17/h1-7,10,14-16H,8-9,11-13H2. The number of para-hydroxylation sites is 1. The zero-order valence-corrected chi connectivity index (χ0v) is 14.5. The van der Waals surface area contributed by atoms with Crippen LogP contribution in [0.2, 0.25) is 0 Å². The second-order valence-corrected chi connectivity index (χ2v) is 6.65. The van der Waals surface area contributed by atoms with Gasteiger partial charge in [0.15, 0.2) is 0 Å². The fourth-order valence-corrected chi connectivity index (χ4v) is 3.40. The second kappa shape index (κ2) is 7.47. The van der Waals surface area contributed by atoms with E-state index in [1.165, 1.54) is 5.56 Å². The number of likely N-dealkylation sites (tertiary alicyclic amines) is 1. The highest BCUT2D eigenvalue weighted by molar-refractivity contribution is 5.90. The van der Waals surface area contributed by atoms with Gasteiger partial charge in [-0.05, 0) is 48.9 Å². The molecule has 132 valence electrons. The quantitative estimate of drug-likeness (QED) is 0.728. The number of nitrogens with zero attached hydrogens (tertiary/aromatic N) is 5. The fourth-order valence-electron chi connectivity index (χ4n) is 3.40.